The maximum Gasteiger partial charge on any atom is 0.158 e. The highest BCUT2D eigenvalue weighted by Gasteiger charge is 2.30. The lowest BCUT2D eigenvalue weighted by Gasteiger charge is -2.40. The van der Waals surface area contributed by atoms with E-state index < -0.39 is 0 Å². The van der Waals surface area contributed by atoms with E-state index >= 15 is 0 Å². The average Bonchev–Trinajstić information content (AvgIpc) is 2.93. The molecule has 2 aliphatic heterocycles. The van der Waals surface area contributed by atoms with Crippen LogP contribution in [0, 0.1) is 6.92 Å². The van der Waals surface area contributed by atoms with Gasteiger partial charge in [0.15, 0.2) is 5.84 Å². The lowest BCUT2D eigenvalue weighted by Crippen LogP contribution is -2.53. The maximum atomic E-state index is 5.30. The third kappa shape index (κ3) is 4.60. The number of aryl methyl sites for hydroxylation is 1. The number of hydrogen-bond acceptors (Lipinski definition) is 7. The molecule has 3 heterocycles. The predicted molar refractivity (Wildman–Crippen MR) is 122 cm³/mol. The van der Waals surface area contributed by atoms with Gasteiger partial charge in [-0.05, 0) is 32.5 Å². The van der Waals surface area contributed by atoms with Gasteiger partial charge in [0.25, 0.3) is 0 Å². The van der Waals surface area contributed by atoms with Crippen LogP contribution in [0.5, 0.6) is 0 Å². The molecule has 0 unspecified atom stereocenters. The van der Waals surface area contributed by atoms with Gasteiger partial charge in [0.1, 0.15) is 10.7 Å². The second-order valence-corrected chi connectivity index (χ2v) is 8.05. The number of amidine groups is 1. The van der Waals surface area contributed by atoms with Crippen molar-refractivity contribution in [2.45, 2.75) is 19.4 Å². The molecule has 1 N–H and O–H groups in total. The molecule has 1 atom stereocenters. The van der Waals surface area contributed by atoms with Crippen molar-refractivity contribution < 1.29 is 4.74 Å². The van der Waals surface area contributed by atoms with Gasteiger partial charge in [-0.1, -0.05) is 12.1 Å². The zero-order valence-corrected chi connectivity index (χ0v) is 18.8. The highest BCUT2D eigenvalue weighted by atomic mass is 35.5. The Bertz CT molecular complexity index is 828. The number of methoxy groups -OCH3 is 1. The number of ether oxygens (including phenoxy) is 1. The summed E-state index contributed by atoms with van der Waals surface area (Å²) in [5, 5.41) is 5.67. The van der Waals surface area contributed by atoms with Gasteiger partial charge in [-0.2, -0.15) is 0 Å². The first-order chi connectivity index (χ1) is 12.7. The molecule has 1 fully saturated rings. The Balaban J connectivity index is 0.00000140. The number of halogens is 2. The van der Waals surface area contributed by atoms with Gasteiger partial charge in [-0.3, -0.25) is 4.90 Å². The zero-order valence-electron chi connectivity index (χ0n) is 16.3. The first kappa shape index (κ1) is 22.9. The molecule has 1 aromatic carbocycles. The van der Waals surface area contributed by atoms with Crippen molar-refractivity contribution in [1.29, 1.82) is 0 Å². The molecule has 9 heteroatoms. The van der Waals surface area contributed by atoms with Gasteiger partial charge in [0, 0.05) is 39.4 Å². The van der Waals surface area contributed by atoms with E-state index in [-0.39, 0.29) is 24.8 Å². The molecule has 0 radical (unpaired) electrons. The zero-order chi connectivity index (χ0) is 18.1. The second-order valence-electron chi connectivity index (χ2n) is 6.85. The number of anilines is 2. The van der Waals surface area contributed by atoms with Crippen molar-refractivity contribution in [3.63, 3.8) is 0 Å². The van der Waals surface area contributed by atoms with Gasteiger partial charge in [0.2, 0.25) is 0 Å². The molecule has 2 aliphatic rings. The Morgan fingerprint density at radius 2 is 2.04 bits per heavy atom. The summed E-state index contributed by atoms with van der Waals surface area (Å²) in [5.74, 6) is 0.984. The van der Waals surface area contributed by atoms with Gasteiger partial charge in [-0.25, -0.2) is 9.98 Å². The van der Waals surface area contributed by atoms with Crippen LogP contribution in [-0.4, -0.2) is 67.1 Å². The molecule has 154 valence electrons. The molecule has 6 nitrogen and oxygen atoms in total. The van der Waals surface area contributed by atoms with Crippen molar-refractivity contribution >= 4 is 58.4 Å². The van der Waals surface area contributed by atoms with Crippen molar-refractivity contribution in [3.8, 4) is 0 Å². The summed E-state index contributed by atoms with van der Waals surface area (Å²) in [6, 6.07) is 8.67. The number of nitrogens with one attached hydrogen (secondary N) is 1. The fourth-order valence-electron chi connectivity index (χ4n) is 3.55. The largest absolute Gasteiger partial charge is 0.385 e. The van der Waals surface area contributed by atoms with Crippen molar-refractivity contribution in [3.05, 3.63) is 35.0 Å². The minimum absolute atomic E-state index is 0. The van der Waals surface area contributed by atoms with E-state index in [0.29, 0.717) is 6.04 Å². The van der Waals surface area contributed by atoms with Crippen molar-refractivity contribution in [2.24, 2.45) is 4.99 Å². The van der Waals surface area contributed by atoms with Crippen LogP contribution in [0.25, 0.3) is 0 Å². The van der Waals surface area contributed by atoms with E-state index in [9.17, 15) is 0 Å². The van der Waals surface area contributed by atoms with E-state index in [4.69, 9.17) is 14.7 Å². The third-order valence-electron chi connectivity index (χ3n) is 5.06. The van der Waals surface area contributed by atoms with E-state index in [0.717, 1.165) is 65.6 Å². The van der Waals surface area contributed by atoms with Crippen molar-refractivity contribution in [2.75, 3.05) is 45.7 Å². The molecule has 4 rings (SSSR count). The summed E-state index contributed by atoms with van der Waals surface area (Å²) in [5.41, 5.74) is 2.98. The van der Waals surface area contributed by atoms with E-state index in [1.54, 1.807) is 18.4 Å². The number of para-hydroxylation sites is 2. The molecular formula is C19H27Cl2N5OS. The van der Waals surface area contributed by atoms with Crippen LogP contribution in [-0.2, 0) is 4.74 Å². The summed E-state index contributed by atoms with van der Waals surface area (Å²) in [6.07, 6.45) is 1.02. The van der Waals surface area contributed by atoms with Gasteiger partial charge < -0.3 is 15.0 Å². The summed E-state index contributed by atoms with van der Waals surface area (Å²) in [4.78, 5) is 14.6. The number of nitrogens with zero attached hydrogens (tertiary/aromatic N) is 4. The van der Waals surface area contributed by atoms with Gasteiger partial charge in [-0.15, -0.1) is 36.2 Å². The van der Waals surface area contributed by atoms with Crippen LogP contribution in [0.2, 0.25) is 0 Å². The number of likely N-dealkylation sites (N-methyl/N-ethyl adjacent to an activating group) is 1. The number of hydrogen-bond donors (Lipinski definition) is 1. The smallest absolute Gasteiger partial charge is 0.158 e. The minimum atomic E-state index is 0. The van der Waals surface area contributed by atoms with E-state index in [1.165, 1.54) is 0 Å². The molecule has 28 heavy (non-hydrogen) atoms. The minimum Gasteiger partial charge on any atom is -0.385 e. The van der Waals surface area contributed by atoms with E-state index in [2.05, 4.69) is 41.2 Å². The SMILES string of the molecule is COCC[C@H]1CN(C2=Nc3ccccc3Nc3sc(C)nc32)CCN1C.Cl.Cl. The lowest BCUT2D eigenvalue weighted by atomic mass is 10.1. The number of piperazine rings is 1. The fraction of sp³-hybridized carbons (Fsp3) is 0.474. The Kier molecular flexibility index (Phi) is 8.09. The van der Waals surface area contributed by atoms with Crippen LogP contribution >= 0.6 is 36.2 Å². The first-order valence-electron chi connectivity index (χ1n) is 9.02. The number of aliphatic imine (C=N–C) groups is 1. The molecule has 0 bridgehead atoms. The second kappa shape index (κ2) is 9.89. The van der Waals surface area contributed by atoms with Gasteiger partial charge >= 0.3 is 0 Å². The van der Waals surface area contributed by atoms with Crippen LogP contribution in [0.1, 0.15) is 17.1 Å². The quantitative estimate of drug-likeness (QED) is 0.773. The lowest BCUT2D eigenvalue weighted by molar-refractivity contribution is 0.100. The Hall–Kier alpha value is -1.38. The molecule has 0 aliphatic carbocycles. The van der Waals surface area contributed by atoms with Crippen LogP contribution in [0.4, 0.5) is 16.4 Å². The van der Waals surface area contributed by atoms with Crippen LogP contribution in [0.15, 0.2) is 29.3 Å². The topological polar surface area (TPSA) is 53.0 Å². The number of rotatable bonds is 3. The number of aromatic nitrogens is 1. The van der Waals surface area contributed by atoms with Crippen LogP contribution < -0.4 is 5.32 Å². The normalized spacial score (nSPS) is 18.6. The Morgan fingerprint density at radius 3 is 2.82 bits per heavy atom. The molecule has 0 spiro atoms. The van der Waals surface area contributed by atoms with E-state index in [1.807, 2.05) is 12.1 Å². The molecule has 0 amide bonds. The Labute approximate surface area is 182 Å². The average molecular weight is 444 g/mol. The Morgan fingerprint density at radius 1 is 1.25 bits per heavy atom. The molecule has 1 aromatic heterocycles. The molecule has 1 saturated heterocycles. The number of thiazole rings is 1. The fourth-order valence-corrected chi connectivity index (χ4v) is 4.38. The van der Waals surface area contributed by atoms with Gasteiger partial charge in [0.05, 0.1) is 16.4 Å². The third-order valence-corrected chi connectivity index (χ3v) is 5.94. The molecule has 2 aromatic rings. The molecular weight excluding hydrogens is 417 g/mol. The summed E-state index contributed by atoms with van der Waals surface area (Å²) < 4.78 is 5.30. The number of benzene rings is 1. The highest BCUT2D eigenvalue weighted by Crippen LogP contribution is 2.37. The summed E-state index contributed by atoms with van der Waals surface area (Å²) >= 11 is 1.69. The number of fused-ring (bicyclic) bond motifs is 2. The first-order valence-corrected chi connectivity index (χ1v) is 9.84. The summed E-state index contributed by atoms with van der Waals surface area (Å²) in [6.45, 7) is 5.74. The summed E-state index contributed by atoms with van der Waals surface area (Å²) in [7, 11) is 3.96. The highest BCUT2D eigenvalue weighted by molar-refractivity contribution is 7.16. The predicted octanol–water partition coefficient (Wildman–Crippen LogP) is 4.08. The van der Waals surface area contributed by atoms with Crippen molar-refractivity contribution in [1.82, 2.24) is 14.8 Å². The maximum absolute atomic E-state index is 5.30. The monoisotopic (exact) mass is 443 g/mol. The van der Waals surface area contributed by atoms with Crippen LogP contribution in [0.3, 0.4) is 0 Å². The molecule has 0 saturated carbocycles. The standard InChI is InChI=1S/C19H25N5OS.2ClH/c1-13-20-17-18(24-10-9-23(2)14(12-24)8-11-25-3)21-15-6-4-5-7-16(15)22-19(17)26-13;;/h4-7,14,22H,8-12H2,1-3H3;2*1H/t14-;;/m0../s1.